The fraction of sp³-hybridized carbons (Fsp3) is 0.619. The Balaban J connectivity index is 1.66. The molecule has 2 atom stereocenters. The number of hydrogen-bond acceptors (Lipinski definition) is 3. The number of carbonyl (C=O) groups is 2. The van der Waals surface area contributed by atoms with Gasteiger partial charge in [-0.2, -0.15) is 0 Å². The van der Waals surface area contributed by atoms with E-state index in [1.807, 2.05) is 23.1 Å². The molecule has 5 heteroatoms. The van der Waals surface area contributed by atoms with Gasteiger partial charge in [-0.25, -0.2) is 0 Å². The molecule has 5 nitrogen and oxygen atoms in total. The number of fused-ring (bicyclic) bond motifs is 1. The number of carboxylic acids is 1. The molecule has 1 amide bonds. The summed E-state index contributed by atoms with van der Waals surface area (Å²) in [6.45, 7) is 1.73. The minimum absolute atomic E-state index is 0.103. The normalized spacial score (nSPS) is 30.6. The standard InChI is InChI=1S/C21H27NO4/c23-18(20(9-5-2-6-10-20)16-7-3-1-4-8-16)22-13-17-14-26-12-11-21(17,15-22)19(24)25/h1,3-4,7-8,17H,2,5-6,9-15H2,(H,24,25)/t17-,21+/m1/s1. The van der Waals surface area contributed by atoms with Crippen LogP contribution in [0, 0.1) is 11.3 Å². The van der Waals surface area contributed by atoms with Gasteiger partial charge >= 0.3 is 5.97 Å². The fourth-order valence-corrected chi connectivity index (χ4v) is 5.30. The number of ether oxygens (including phenoxy) is 1. The Labute approximate surface area is 154 Å². The second-order valence-corrected chi connectivity index (χ2v) is 8.18. The first-order valence-electron chi connectivity index (χ1n) is 9.75. The van der Waals surface area contributed by atoms with E-state index in [0.717, 1.165) is 37.7 Å². The number of likely N-dealkylation sites (tertiary alicyclic amines) is 1. The third-order valence-corrected chi connectivity index (χ3v) is 6.86. The summed E-state index contributed by atoms with van der Waals surface area (Å²) in [6.07, 6.45) is 5.46. The highest BCUT2D eigenvalue weighted by Crippen LogP contribution is 2.46. The van der Waals surface area contributed by atoms with Gasteiger partial charge in [0.05, 0.1) is 17.4 Å². The van der Waals surface area contributed by atoms with Crippen LogP contribution in [0.4, 0.5) is 0 Å². The molecule has 1 aromatic rings. The highest BCUT2D eigenvalue weighted by atomic mass is 16.5. The van der Waals surface area contributed by atoms with E-state index in [9.17, 15) is 14.7 Å². The third-order valence-electron chi connectivity index (χ3n) is 6.86. The predicted octanol–water partition coefficient (Wildman–Crippen LogP) is 2.84. The molecule has 3 aliphatic rings. The number of benzene rings is 1. The monoisotopic (exact) mass is 357 g/mol. The van der Waals surface area contributed by atoms with Gasteiger partial charge in [-0.05, 0) is 24.8 Å². The van der Waals surface area contributed by atoms with Gasteiger partial charge in [0.15, 0.2) is 0 Å². The average Bonchev–Trinajstić information content (AvgIpc) is 3.10. The van der Waals surface area contributed by atoms with Crippen LogP contribution in [0.3, 0.4) is 0 Å². The Bertz CT molecular complexity index is 683. The summed E-state index contributed by atoms with van der Waals surface area (Å²) in [6, 6.07) is 10.1. The molecule has 0 unspecified atom stereocenters. The lowest BCUT2D eigenvalue weighted by atomic mass is 9.68. The van der Waals surface area contributed by atoms with Gasteiger partial charge in [-0.15, -0.1) is 0 Å². The zero-order valence-electron chi connectivity index (χ0n) is 15.2. The van der Waals surface area contributed by atoms with E-state index in [0.29, 0.717) is 32.7 Å². The molecule has 0 bridgehead atoms. The lowest BCUT2D eigenvalue weighted by molar-refractivity contribution is -0.157. The van der Waals surface area contributed by atoms with Crippen molar-refractivity contribution in [1.29, 1.82) is 0 Å². The minimum Gasteiger partial charge on any atom is -0.481 e. The van der Waals surface area contributed by atoms with Gasteiger partial charge in [0, 0.05) is 25.6 Å². The highest BCUT2D eigenvalue weighted by molar-refractivity contribution is 5.90. The highest BCUT2D eigenvalue weighted by Gasteiger charge is 2.57. The van der Waals surface area contributed by atoms with Gasteiger partial charge < -0.3 is 14.7 Å². The van der Waals surface area contributed by atoms with E-state index < -0.39 is 16.8 Å². The van der Waals surface area contributed by atoms with Gasteiger partial charge in [-0.3, -0.25) is 9.59 Å². The van der Waals surface area contributed by atoms with E-state index in [2.05, 4.69) is 12.1 Å². The molecule has 2 aliphatic heterocycles. The van der Waals surface area contributed by atoms with Crippen LogP contribution in [-0.4, -0.2) is 48.2 Å². The SMILES string of the molecule is O=C(N1C[C@@H]2COCC[C@]2(C(=O)O)C1)C1(c2ccccc2)CCCCC1. The number of hydrogen-bond donors (Lipinski definition) is 1. The van der Waals surface area contributed by atoms with Crippen LogP contribution in [0.25, 0.3) is 0 Å². The minimum atomic E-state index is -0.833. The lowest BCUT2D eigenvalue weighted by Gasteiger charge is -2.39. The molecule has 3 fully saturated rings. The molecule has 4 rings (SSSR count). The largest absolute Gasteiger partial charge is 0.481 e. The van der Waals surface area contributed by atoms with Crippen molar-refractivity contribution >= 4 is 11.9 Å². The van der Waals surface area contributed by atoms with Crippen molar-refractivity contribution in [1.82, 2.24) is 4.90 Å². The molecular formula is C21H27NO4. The van der Waals surface area contributed by atoms with Crippen LogP contribution in [0.5, 0.6) is 0 Å². The molecule has 1 saturated carbocycles. The molecule has 0 spiro atoms. The third kappa shape index (κ3) is 2.64. The van der Waals surface area contributed by atoms with Gasteiger partial charge in [0.1, 0.15) is 0 Å². The first-order chi connectivity index (χ1) is 12.6. The number of nitrogens with zero attached hydrogens (tertiary/aromatic N) is 1. The molecule has 0 radical (unpaired) electrons. The van der Waals surface area contributed by atoms with E-state index in [4.69, 9.17) is 4.74 Å². The van der Waals surface area contributed by atoms with Crippen molar-refractivity contribution in [3.8, 4) is 0 Å². The van der Waals surface area contributed by atoms with Crippen molar-refractivity contribution < 1.29 is 19.4 Å². The Kier molecular flexibility index (Phi) is 4.51. The summed E-state index contributed by atoms with van der Waals surface area (Å²) in [4.78, 5) is 27.6. The average molecular weight is 357 g/mol. The molecule has 2 heterocycles. The first kappa shape index (κ1) is 17.5. The Morgan fingerprint density at radius 2 is 1.81 bits per heavy atom. The zero-order valence-corrected chi connectivity index (χ0v) is 15.2. The molecule has 1 aromatic carbocycles. The Morgan fingerprint density at radius 3 is 2.46 bits per heavy atom. The smallest absolute Gasteiger partial charge is 0.311 e. The molecule has 1 N–H and O–H groups in total. The van der Waals surface area contributed by atoms with Gasteiger partial charge in [0.2, 0.25) is 5.91 Å². The maximum absolute atomic E-state index is 13.7. The van der Waals surface area contributed by atoms with E-state index in [-0.39, 0.29) is 11.8 Å². The second kappa shape index (κ2) is 6.69. The molecule has 2 saturated heterocycles. The number of carbonyl (C=O) groups excluding carboxylic acids is 1. The van der Waals surface area contributed by atoms with Crippen LogP contribution in [0.15, 0.2) is 30.3 Å². The zero-order chi connectivity index (χ0) is 18.2. The van der Waals surface area contributed by atoms with Crippen molar-refractivity contribution in [3.05, 3.63) is 35.9 Å². The topological polar surface area (TPSA) is 66.8 Å². The summed E-state index contributed by atoms with van der Waals surface area (Å²) in [5.74, 6) is -0.758. The summed E-state index contributed by atoms with van der Waals surface area (Å²) in [5, 5.41) is 9.90. The fourth-order valence-electron chi connectivity index (χ4n) is 5.30. The maximum Gasteiger partial charge on any atom is 0.311 e. The van der Waals surface area contributed by atoms with Crippen LogP contribution in [0.2, 0.25) is 0 Å². The van der Waals surface area contributed by atoms with Crippen LogP contribution >= 0.6 is 0 Å². The quantitative estimate of drug-likeness (QED) is 0.903. The molecule has 0 aromatic heterocycles. The van der Waals surface area contributed by atoms with Crippen LogP contribution < -0.4 is 0 Å². The van der Waals surface area contributed by atoms with E-state index in [1.165, 1.54) is 0 Å². The molecule has 1 aliphatic carbocycles. The number of aliphatic carboxylic acids is 1. The summed E-state index contributed by atoms with van der Waals surface area (Å²) >= 11 is 0. The van der Waals surface area contributed by atoms with Gasteiger partial charge in [0.25, 0.3) is 0 Å². The maximum atomic E-state index is 13.7. The van der Waals surface area contributed by atoms with Crippen molar-refractivity contribution in [2.75, 3.05) is 26.3 Å². The lowest BCUT2D eigenvalue weighted by Crippen LogP contribution is -2.49. The second-order valence-electron chi connectivity index (χ2n) is 8.18. The number of carboxylic acid groups (broad SMARTS) is 1. The molecule has 140 valence electrons. The number of rotatable bonds is 3. The van der Waals surface area contributed by atoms with Crippen molar-refractivity contribution in [2.45, 2.75) is 43.9 Å². The van der Waals surface area contributed by atoms with Crippen molar-refractivity contribution in [3.63, 3.8) is 0 Å². The Morgan fingerprint density at radius 1 is 1.08 bits per heavy atom. The van der Waals surface area contributed by atoms with Crippen LogP contribution in [-0.2, 0) is 19.7 Å². The first-order valence-corrected chi connectivity index (χ1v) is 9.75. The predicted molar refractivity (Wildman–Crippen MR) is 96.8 cm³/mol. The summed E-state index contributed by atoms with van der Waals surface area (Å²) < 4.78 is 5.54. The molecular weight excluding hydrogens is 330 g/mol. The summed E-state index contributed by atoms with van der Waals surface area (Å²) in [5.41, 5.74) is -0.242. The summed E-state index contributed by atoms with van der Waals surface area (Å²) in [7, 11) is 0. The number of amides is 1. The van der Waals surface area contributed by atoms with E-state index >= 15 is 0 Å². The Hall–Kier alpha value is -1.88. The molecule has 26 heavy (non-hydrogen) atoms. The van der Waals surface area contributed by atoms with Gasteiger partial charge in [-0.1, -0.05) is 49.6 Å². The van der Waals surface area contributed by atoms with E-state index in [1.54, 1.807) is 0 Å². The van der Waals surface area contributed by atoms with Crippen molar-refractivity contribution in [2.24, 2.45) is 11.3 Å². The van der Waals surface area contributed by atoms with Crippen LogP contribution in [0.1, 0.15) is 44.1 Å².